The zero-order valence-electron chi connectivity index (χ0n) is 11.6. The minimum Gasteiger partial charge on any atom is -0.344 e. The molecule has 1 aliphatic rings. The molecule has 19 heavy (non-hydrogen) atoms. The molecule has 1 aliphatic heterocycles. The van der Waals surface area contributed by atoms with Crippen molar-refractivity contribution in [2.24, 2.45) is 11.1 Å². The van der Waals surface area contributed by atoms with E-state index in [1.165, 1.54) is 0 Å². The van der Waals surface area contributed by atoms with E-state index in [-0.39, 0.29) is 23.7 Å². The molecule has 0 aromatic carbocycles. The van der Waals surface area contributed by atoms with E-state index in [1.807, 2.05) is 0 Å². The maximum absolute atomic E-state index is 11.8. The first-order valence-electron chi connectivity index (χ1n) is 6.67. The Balaban J connectivity index is 2.35. The average molecular weight is 269 g/mol. The molecule has 1 atom stereocenters. The number of piperidine rings is 1. The summed E-state index contributed by atoms with van der Waals surface area (Å²) in [5.74, 6) is -0.843. The molecule has 0 aliphatic carbocycles. The van der Waals surface area contributed by atoms with Gasteiger partial charge in [0.25, 0.3) is 0 Å². The fourth-order valence-electron chi connectivity index (χ4n) is 2.07. The van der Waals surface area contributed by atoms with Gasteiger partial charge in [0.05, 0.1) is 0 Å². The molecule has 1 fully saturated rings. The van der Waals surface area contributed by atoms with Crippen LogP contribution in [-0.2, 0) is 14.4 Å². The Kier molecular flexibility index (Phi) is 5.47. The highest BCUT2D eigenvalue weighted by atomic mass is 16.2. The molecule has 0 bridgehead atoms. The Morgan fingerprint density at radius 2 is 2.11 bits per heavy atom. The first kappa shape index (κ1) is 15.6. The van der Waals surface area contributed by atoms with E-state index in [1.54, 1.807) is 0 Å². The highest BCUT2D eigenvalue weighted by Gasteiger charge is 2.28. The van der Waals surface area contributed by atoms with Crippen molar-refractivity contribution < 1.29 is 14.4 Å². The van der Waals surface area contributed by atoms with E-state index in [9.17, 15) is 14.4 Å². The second kappa shape index (κ2) is 6.65. The van der Waals surface area contributed by atoms with Crippen molar-refractivity contribution in [1.29, 1.82) is 0 Å². The molecule has 0 aromatic heterocycles. The molecule has 1 heterocycles. The third-order valence-corrected chi connectivity index (χ3v) is 3.42. The first-order valence-corrected chi connectivity index (χ1v) is 6.67. The summed E-state index contributed by atoms with van der Waals surface area (Å²) in [5.41, 5.74) is 5.54. The van der Waals surface area contributed by atoms with E-state index in [0.717, 1.165) is 12.8 Å². The summed E-state index contributed by atoms with van der Waals surface area (Å²) in [7, 11) is 0. The maximum Gasteiger partial charge on any atom is 0.249 e. The molecule has 1 rings (SSSR count). The molecule has 0 radical (unpaired) electrons. The standard InChI is InChI=1S/C13H23N3O3/c1-13(2,7-8-14)6-5-11(18)15-9-3-4-10(17)16-12(9)19/h9H,3-8,14H2,1-2H3,(H,15,18)(H,16,17,19). The van der Waals surface area contributed by atoms with E-state index in [4.69, 9.17) is 5.73 Å². The molecule has 1 unspecified atom stereocenters. The van der Waals surface area contributed by atoms with Crippen LogP contribution in [0.15, 0.2) is 0 Å². The maximum atomic E-state index is 11.8. The molecular formula is C13H23N3O3. The van der Waals surface area contributed by atoms with Gasteiger partial charge < -0.3 is 11.1 Å². The second-order valence-corrected chi connectivity index (χ2v) is 5.77. The van der Waals surface area contributed by atoms with Crippen LogP contribution in [0.5, 0.6) is 0 Å². The largest absolute Gasteiger partial charge is 0.344 e. The van der Waals surface area contributed by atoms with Crippen molar-refractivity contribution >= 4 is 17.7 Å². The van der Waals surface area contributed by atoms with Crippen LogP contribution in [0.25, 0.3) is 0 Å². The molecule has 108 valence electrons. The number of hydrogen-bond acceptors (Lipinski definition) is 4. The number of amides is 3. The number of hydrogen-bond donors (Lipinski definition) is 3. The van der Waals surface area contributed by atoms with Crippen molar-refractivity contribution in [3.05, 3.63) is 0 Å². The summed E-state index contributed by atoms with van der Waals surface area (Å²) < 4.78 is 0. The van der Waals surface area contributed by atoms with Gasteiger partial charge in [0.15, 0.2) is 0 Å². The molecule has 4 N–H and O–H groups in total. The molecule has 0 saturated carbocycles. The van der Waals surface area contributed by atoms with Gasteiger partial charge in [-0.3, -0.25) is 19.7 Å². The monoisotopic (exact) mass is 269 g/mol. The third kappa shape index (κ3) is 5.38. The summed E-state index contributed by atoms with van der Waals surface area (Å²) in [6.07, 6.45) is 2.60. The third-order valence-electron chi connectivity index (χ3n) is 3.42. The topological polar surface area (TPSA) is 101 Å². The molecule has 0 spiro atoms. The Hall–Kier alpha value is -1.43. The van der Waals surface area contributed by atoms with E-state index >= 15 is 0 Å². The quantitative estimate of drug-likeness (QED) is 0.594. The fourth-order valence-corrected chi connectivity index (χ4v) is 2.07. The number of carbonyl (C=O) groups excluding carboxylic acids is 3. The van der Waals surface area contributed by atoms with Crippen LogP contribution in [0.4, 0.5) is 0 Å². The predicted octanol–water partition coefficient (Wildman–Crippen LogP) is 0.0630. The van der Waals surface area contributed by atoms with Gasteiger partial charge in [-0.2, -0.15) is 0 Å². The lowest BCUT2D eigenvalue weighted by Gasteiger charge is -2.25. The first-order chi connectivity index (χ1) is 8.84. The summed E-state index contributed by atoms with van der Waals surface area (Å²) in [6, 6.07) is -0.581. The van der Waals surface area contributed by atoms with Crippen LogP contribution in [0.3, 0.4) is 0 Å². The summed E-state index contributed by atoms with van der Waals surface area (Å²) in [5, 5.41) is 4.89. The summed E-state index contributed by atoms with van der Waals surface area (Å²) in [6.45, 7) is 4.74. The van der Waals surface area contributed by atoms with Crippen LogP contribution in [-0.4, -0.2) is 30.3 Å². The zero-order chi connectivity index (χ0) is 14.5. The van der Waals surface area contributed by atoms with E-state index in [2.05, 4.69) is 24.5 Å². The SMILES string of the molecule is CC(C)(CCN)CCC(=O)NC1CCC(=O)NC1=O. The minimum atomic E-state index is -0.581. The lowest BCUT2D eigenvalue weighted by Crippen LogP contribution is -2.52. The van der Waals surface area contributed by atoms with Crippen molar-refractivity contribution in [1.82, 2.24) is 10.6 Å². The van der Waals surface area contributed by atoms with E-state index in [0.29, 0.717) is 19.4 Å². The smallest absolute Gasteiger partial charge is 0.249 e. The number of carbonyl (C=O) groups is 3. The molecule has 1 saturated heterocycles. The van der Waals surface area contributed by atoms with Gasteiger partial charge in [0.1, 0.15) is 6.04 Å². The van der Waals surface area contributed by atoms with Crippen molar-refractivity contribution in [3.8, 4) is 0 Å². The predicted molar refractivity (Wildman–Crippen MR) is 71.0 cm³/mol. The Morgan fingerprint density at radius 3 is 2.68 bits per heavy atom. The molecule has 6 nitrogen and oxygen atoms in total. The van der Waals surface area contributed by atoms with Gasteiger partial charge in [-0.25, -0.2) is 0 Å². The summed E-state index contributed by atoms with van der Waals surface area (Å²) in [4.78, 5) is 34.2. The van der Waals surface area contributed by atoms with Crippen LogP contribution >= 0.6 is 0 Å². The van der Waals surface area contributed by atoms with Gasteiger partial charge in [-0.1, -0.05) is 13.8 Å². The number of imide groups is 1. The molecule has 0 aromatic rings. The van der Waals surface area contributed by atoms with E-state index < -0.39 is 11.9 Å². The number of rotatable bonds is 6. The van der Waals surface area contributed by atoms with Crippen molar-refractivity contribution in [2.75, 3.05) is 6.54 Å². The highest BCUT2D eigenvalue weighted by Crippen LogP contribution is 2.25. The number of nitrogens with one attached hydrogen (secondary N) is 2. The lowest BCUT2D eigenvalue weighted by molar-refractivity contribution is -0.137. The highest BCUT2D eigenvalue weighted by molar-refractivity contribution is 6.01. The van der Waals surface area contributed by atoms with Crippen molar-refractivity contribution in [2.45, 2.75) is 52.0 Å². The number of nitrogens with two attached hydrogens (primary N) is 1. The Morgan fingerprint density at radius 1 is 1.42 bits per heavy atom. The molecular weight excluding hydrogens is 246 g/mol. The average Bonchev–Trinajstić information content (AvgIpc) is 2.30. The van der Waals surface area contributed by atoms with Crippen molar-refractivity contribution in [3.63, 3.8) is 0 Å². The zero-order valence-corrected chi connectivity index (χ0v) is 11.6. The lowest BCUT2D eigenvalue weighted by atomic mass is 9.84. The normalized spacial score (nSPS) is 20.1. The minimum absolute atomic E-state index is 0.0247. The van der Waals surface area contributed by atoms with Gasteiger partial charge in [0.2, 0.25) is 17.7 Å². The second-order valence-electron chi connectivity index (χ2n) is 5.77. The van der Waals surface area contributed by atoms with Gasteiger partial charge in [-0.15, -0.1) is 0 Å². The molecule has 3 amide bonds. The Labute approximate surface area is 113 Å². The Bertz CT molecular complexity index is 366. The van der Waals surface area contributed by atoms with Crippen LogP contribution in [0.1, 0.15) is 46.0 Å². The summed E-state index contributed by atoms with van der Waals surface area (Å²) >= 11 is 0. The fraction of sp³-hybridized carbons (Fsp3) is 0.769. The van der Waals surface area contributed by atoms with Crippen LogP contribution in [0.2, 0.25) is 0 Å². The van der Waals surface area contributed by atoms with Crippen LogP contribution < -0.4 is 16.4 Å². The van der Waals surface area contributed by atoms with Gasteiger partial charge >= 0.3 is 0 Å². The van der Waals surface area contributed by atoms with Crippen LogP contribution in [0, 0.1) is 5.41 Å². The van der Waals surface area contributed by atoms with Gasteiger partial charge in [0, 0.05) is 12.8 Å². The van der Waals surface area contributed by atoms with Gasteiger partial charge in [-0.05, 0) is 31.2 Å². The molecule has 6 heteroatoms.